The highest BCUT2D eigenvalue weighted by Gasteiger charge is 2.19. The lowest BCUT2D eigenvalue weighted by Crippen LogP contribution is -2.25. The summed E-state index contributed by atoms with van der Waals surface area (Å²) in [7, 11) is 0. The molecule has 190 valence electrons. The van der Waals surface area contributed by atoms with Crippen LogP contribution in [-0.2, 0) is 17.8 Å². The highest BCUT2D eigenvalue weighted by molar-refractivity contribution is 5.72. The first-order valence-corrected chi connectivity index (χ1v) is 12.7. The molecule has 6 nitrogen and oxygen atoms in total. The minimum absolute atomic E-state index is 0.0604. The second kappa shape index (κ2) is 12.7. The number of ether oxygens (including phenoxy) is 1. The van der Waals surface area contributed by atoms with Crippen molar-refractivity contribution < 1.29 is 14.6 Å². The Morgan fingerprint density at radius 2 is 1.57 bits per heavy atom. The van der Waals surface area contributed by atoms with Crippen LogP contribution in [0.2, 0.25) is 0 Å². The zero-order chi connectivity index (χ0) is 26.0. The van der Waals surface area contributed by atoms with Crippen LogP contribution in [-0.4, -0.2) is 27.0 Å². The lowest BCUT2D eigenvalue weighted by Gasteiger charge is -2.18. The molecule has 0 bridgehead atoms. The molecule has 0 unspecified atom stereocenters. The first-order chi connectivity index (χ1) is 18.0. The zero-order valence-electron chi connectivity index (χ0n) is 21.0. The molecule has 0 spiro atoms. The van der Waals surface area contributed by atoms with Gasteiger partial charge in [0.05, 0.1) is 11.6 Å². The molecule has 0 radical (unpaired) electrons. The van der Waals surface area contributed by atoms with Gasteiger partial charge in [-0.2, -0.15) is 5.10 Å². The lowest BCUT2D eigenvalue weighted by atomic mass is 9.88. The van der Waals surface area contributed by atoms with Crippen molar-refractivity contribution in [3.63, 3.8) is 0 Å². The van der Waals surface area contributed by atoms with E-state index in [0.29, 0.717) is 18.7 Å². The normalized spacial score (nSPS) is 11.8. The molecule has 0 saturated carbocycles. The van der Waals surface area contributed by atoms with E-state index in [9.17, 15) is 14.7 Å². The molecule has 4 rings (SSSR count). The molecule has 37 heavy (non-hydrogen) atoms. The smallest absolute Gasteiger partial charge is 0.344 e. The molecule has 1 aromatic heterocycles. The summed E-state index contributed by atoms with van der Waals surface area (Å²) in [5.74, 6) is -0.463. The Kier molecular flexibility index (Phi) is 8.87. The van der Waals surface area contributed by atoms with Crippen molar-refractivity contribution in [3.8, 4) is 5.75 Å². The van der Waals surface area contributed by atoms with Gasteiger partial charge in [0.15, 0.2) is 6.10 Å². The van der Waals surface area contributed by atoms with E-state index in [2.05, 4.69) is 24.3 Å². The van der Waals surface area contributed by atoms with Crippen molar-refractivity contribution in [2.24, 2.45) is 0 Å². The number of benzene rings is 3. The zero-order valence-corrected chi connectivity index (χ0v) is 21.0. The maximum atomic E-state index is 12.6. The van der Waals surface area contributed by atoms with Gasteiger partial charge >= 0.3 is 5.97 Å². The van der Waals surface area contributed by atoms with Crippen LogP contribution in [0.3, 0.4) is 0 Å². The number of carbonyl (C=O) groups is 1. The summed E-state index contributed by atoms with van der Waals surface area (Å²) >= 11 is 0. The molecule has 0 aliphatic heterocycles. The SMILES string of the molecule is CC[C@H](Oc1cccc(CCCCn2nc(C(c3ccccc3)c3ccccc3)ccc2=O)c1)C(=O)O. The van der Waals surface area contributed by atoms with Crippen molar-refractivity contribution in [3.05, 3.63) is 130 Å². The second-order valence-corrected chi connectivity index (χ2v) is 9.03. The van der Waals surface area contributed by atoms with Gasteiger partial charge in [0, 0.05) is 12.6 Å². The number of carboxylic acid groups (broad SMARTS) is 1. The van der Waals surface area contributed by atoms with Gasteiger partial charge in [-0.25, -0.2) is 9.48 Å². The van der Waals surface area contributed by atoms with Crippen molar-refractivity contribution in [1.29, 1.82) is 0 Å². The van der Waals surface area contributed by atoms with Gasteiger partial charge in [0.1, 0.15) is 5.75 Å². The summed E-state index contributed by atoms with van der Waals surface area (Å²) in [6.07, 6.45) is 1.99. The fourth-order valence-corrected chi connectivity index (χ4v) is 4.44. The van der Waals surface area contributed by atoms with E-state index in [1.54, 1.807) is 23.7 Å². The fourth-order valence-electron chi connectivity index (χ4n) is 4.44. The Hall–Kier alpha value is -4.19. The van der Waals surface area contributed by atoms with Crippen LogP contribution in [0.5, 0.6) is 5.75 Å². The summed E-state index contributed by atoms with van der Waals surface area (Å²) in [4.78, 5) is 23.9. The van der Waals surface area contributed by atoms with E-state index in [-0.39, 0.29) is 11.5 Å². The number of rotatable bonds is 12. The topological polar surface area (TPSA) is 81.4 Å². The van der Waals surface area contributed by atoms with Crippen LogP contribution < -0.4 is 10.3 Å². The molecular formula is C31H32N2O4. The van der Waals surface area contributed by atoms with E-state index < -0.39 is 12.1 Å². The number of aromatic nitrogens is 2. The Morgan fingerprint density at radius 1 is 0.892 bits per heavy atom. The van der Waals surface area contributed by atoms with Crippen molar-refractivity contribution in [2.75, 3.05) is 0 Å². The average molecular weight is 497 g/mol. The molecule has 6 heteroatoms. The molecule has 3 aromatic carbocycles. The van der Waals surface area contributed by atoms with Crippen molar-refractivity contribution in [2.45, 2.75) is 51.2 Å². The predicted octanol–water partition coefficient (Wildman–Crippen LogP) is 5.69. The number of aliphatic carboxylic acids is 1. The van der Waals surface area contributed by atoms with Crippen molar-refractivity contribution in [1.82, 2.24) is 9.78 Å². The number of nitrogens with zero attached hydrogens (tertiary/aromatic N) is 2. The van der Waals surface area contributed by atoms with E-state index in [0.717, 1.165) is 41.6 Å². The van der Waals surface area contributed by atoms with Gasteiger partial charge in [-0.15, -0.1) is 0 Å². The first-order valence-electron chi connectivity index (χ1n) is 12.7. The second-order valence-electron chi connectivity index (χ2n) is 9.03. The minimum atomic E-state index is -0.963. The summed E-state index contributed by atoms with van der Waals surface area (Å²) in [6.45, 7) is 2.31. The van der Waals surface area contributed by atoms with Crippen LogP contribution in [0, 0.1) is 0 Å². The molecule has 1 heterocycles. The van der Waals surface area contributed by atoms with E-state index in [1.165, 1.54) is 0 Å². The predicted molar refractivity (Wildman–Crippen MR) is 144 cm³/mol. The van der Waals surface area contributed by atoms with Gasteiger partial charge in [-0.1, -0.05) is 79.7 Å². The van der Waals surface area contributed by atoms with Gasteiger partial charge in [-0.05, 0) is 60.6 Å². The third kappa shape index (κ3) is 6.94. The third-order valence-corrected chi connectivity index (χ3v) is 6.36. The monoisotopic (exact) mass is 496 g/mol. The fraction of sp³-hybridized carbons (Fsp3) is 0.258. The van der Waals surface area contributed by atoms with Crippen LogP contribution in [0.1, 0.15) is 54.5 Å². The van der Waals surface area contributed by atoms with E-state index in [4.69, 9.17) is 9.84 Å². The Morgan fingerprint density at radius 3 is 2.19 bits per heavy atom. The van der Waals surface area contributed by atoms with Gasteiger partial charge in [0.2, 0.25) is 0 Å². The largest absolute Gasteiger partial charge is 0.479 e. The number of carboxylic acids is 1. The molecular weight excluding hydrogens is 464 g/mol. The van der Waals surface area contributed by atoms with Crippen LogP contribution in [0.15, 0.2) is 102 Å². The quantitative estimate of drug-likeness (QED) is 0.255. The van der Waals surface area contributed by atoms with Crippen LogP contribution in [0.4, 0.5) is 0 Å². The molecule has 0 fully saturated rings. The Labute approximate surface area is 217 Å². The maximum Gasteiger partial charge on any atom is 0.344 e. The third-order valence-electron chi connectivity index (χ3n) is 6.36. The maximum absolute atomic E-state index is 12.6. The molecule has 0 amide bonds. The first kappa shape index (κ1) is 25.9. The highest BCUT2D eigenvalue weighted by Crippen LogP contribution is 2.30. The molecule has 0 aliphatic carbocycles. The van der Waals surface area contributed by atoms with Crippen molar-refractivity contribution >= 4 is 5.97 Å². The van der Waals surface area contributed by atoms with Gasteiger partial charge < -0.3 is 9.84 Å². The van der Waals surface area contributed by atoms with Gasteiger partial charge in [0.25, 0.3) is 5.56 Å². The van der Waals surface area contributed by atoms with Crippen LogP contribution >= 0.6 is 0 Å². The Bertz CT molecular complexity index is 1310. The molecule has 0 saturated heterocycles. The number of unbranched alkanes of at least 4 members (excludes halogenated alkanes) is 1. The summed E-state index contributed by atoms with van der Waals surface area (Å²) in [5.41, 5.74) is 4.05. The summed E-state index contributed by atoms with van der Waals surface area (Å²) in [6, 6.07) is 31.4. The molecule has 0 aliphatic rings. The number of hydrogen-bond acceptors (Lipinski definition) is 4. The minimum Gasteiger partial charge on any atom is -0.479 e. The van der Waals surface area contributed by atoms with Crippen LogP contribution in [0.25, 0.3) is 0 Å². The number of aryl methyl sites for hydroxylation is 2. The van der Waals surface area contributed by atoms with Gasteiger partial charge in [-0.3, -0.25) is 4.79 Å². The Balaban J connectivity index is 1.43. The molecule has 4 aromatic rings. The average Bonchev–Trinajstić information content (AvgIpc) is 2.92. The summed E-state index contributed by atoms with van der Waals surface area (Å²) in [5, 5.41) is 14.0. The standard InChI is InChI=1S/C31H32N2O4/c1-2-28(31(35)36)37-26-18-11-13-23(22-26)12-9-10-21-33-29(34)20-19-27(32-33)30(24-14-5-3-6-15-24)25-16-7-4-8-17-25/h3-8,11,13-20,22,28,30H,2,9-10,12,21H2,1H3,(H,35,36)/t28-/m0/s1. The molecule has 1 atom stereocenters. The molecule has 1 N–H and O–H groups in total. The lowest BCUT2D eigenvalue weighted by molar-refractivity contribution is -0.145. The van der Waals surface area contributed by atoms with E-state index in [1.807, 2.05) is 60.7 Å². The number of hydrogen-bond donors (Lipinski definition) is 1. The summed E-state index contributed by atoms with van der Waals surface area (Å²) < 4.78 is 7.17. The highest BCUT2D eigenvalue weighted by atomic mass is 16.5. The van der Waals surface area contributed by atoms with E-state index >= 15 is 0 Å².